The van der Waals surface area contributed by atoms with E-state index >= 15 is 0 Å². The minimum Gasteiger partial charge on any atom is -0.493 e. The predicted octanol–water partition coefficient (Wildman–Crippen LogP) is 2.71. The van der Waals surface area contributed by atoms with Crippen LogP contribution in [0.3, 0.4) is 0 Å². The number of allylic oxidation sites excluding steroid dienone is 3. The maximum Gasteiger partial charge on any atom is 0.199 e. The summed E-state index contributed by atoms with van der Waals surface area (Å²) in [6, 6.07) is 0.507. The lowest BCUT2D eigenvalue weighted by Crippen LogP contribution is -2.65. The summed E-state index contributed by atoms with van der Waals surface area (Å²) in [4.78, 5) is 15.4. The second-order valence-electron chi connectivity index (χ2n) is 7.82. The number of hydrogen-bond donors (Lipinski definition) is 0. The Bertz CT molecular complexity index is 697. The molecule has 2 bridgehead atoms. The molecular formula is C19H24ClNO3. The number of ether oxygens (including phenoxy) is 2. The Morgan fingerprint density at radius 1 is 1.42 bits per heavy atom. The molecule has 0 aromatic carbocycles. The van der Waals surface area contributed by atoms with Crippen molar-refractivity contribution < 1.29 is 14.3 Å². The summed E-state index contributed by atoms with van der Waals surface area (Å²) in [5.41, 5.74) is 0.807. The molecule has 4 nitrogen and oxygen atoms in total. The van der Waals surface area contributed by atoms with Crippen molar-refractivity contribution in [2.75, 3.05) is 20.7 Å². The monoisotopic (exact) mass is 349 g/mol. The molecule has 0 amide bonds. The second-order valence-corrected chi connectivity index (χ2v) is 7.82. The number of nitrogens with zero attached hydrogens (tertiary/aromatic N) is 1. The summed E-state index contributed by atoms with van der Waals surface area (Å²) in [7, 11) is 3.92. The second kappa shape index (κ2) is 5.12. The van der Waals surface area contributed by atoms with Crippen molar-refractivity contribution >= 4 is 18.2 Å². The Morgan fingerprint density at radius 2 is 2.21 bits per heavy atom. The van der Waals surface area contributed by atoms with Crippen molar-refractivity contribution in [3.8, 4) is 0 Å². The Labute approximate surface area is 149 Å². The molecule has 2 unspecified atom stereocenters. The van der Waals surface area contributed by atoms with Gasteiger partial charge in [0.2, 0.25) is 0 Å². The van der Waals surface area contributed by atoms with E-state index in [1.807, 2.05) is 13.0 Å². The van der Waals surface area contributed by atoms with Crippen molar-refractivity contribution in [1.82, 2.24) is 4.90 Å². The number of carbonyl (C=O) groups excluding carboxylic acids is 1. The number of ketones is 1. The average molecular weight is 350 g/mol. The molecule has 3 fully saturated rings. The van der Waals surface area contributed by atoms with E-state index in [1.54, 1.807) is 7.11 Å². The van der Waals surface area contributed by atoms with Crippen LogP contribution >= 0.6 is 12.4 Å². The van der Waals surface area contributed by atoms with Gasteiger partial charge in [0.15, 0.2) is 17.6 Å². The minimum atomic E-state index is -0.318. The molecule has 0 N–H and O–H groups in total. The van der Waals surface area contributed by atoms with Crippen LogP contribution in [-0.4, -0.2) is 43.5 Å². The van der Waals surface area contributed by atoms with E-state index in [0.717, 1.165) is 36.5 Å². The zero-order valence-corrected chi connectivity index (χ0v) is 15.1. The number of Topliss-reactive ketones (excluding diaryl/α,β-unsaturated/α-hetero) is 1. The van der Waals surface area contributed by atoms with E-state index < -0.39 is 0 Å². The van der Waals surface area contributed by atoms with Gasteiger partial charge in [-0.15, -0.1) is 12.4 Å². The van der Waals surface area contributed by atoms with Gasteiger partial charge in [-0.2, -0.15) is 0 Å². The maximum atomic E-state index is 12.9. The van der Waals surface area contributed by atoms with E-state index in [4.69, 9.17) is 9.47 Å². The molecule has 5 aliphatic rings. The fourth-order valence-electron chi connectivity index (χ4n) is 6.04. The first kappa shape index (κ1) is 16.2. The van der Waals surface area contributed by atoms with Gasteiger partial charge in [-0.1, -0.05) is 12.2 Å². The number of piperidine rings is 1. The molecule has 130 valence electrons. The molecule has 2 saturated heterocycles. The van der Waals surface area contributed by atoms with E-state index in [2.05, 4.69) is 24.1 Å². The van der Waals surface area contributed by atoms with Gasteiger partial charge >= 0.3 is 0 Å². The molecule has 24 heavy (non-hydrogen) atoms. The Balaban J connectivity index is 0.00000146. The standard InChI is InChI=1S/C19H23NO3.ClH/c1-10-8-12-13-9-11-4-5-14(22-3)17-15(11)19(12,6-7-20(13)2)18(23-17)16(10)21;/h4-5,8,11-13,15,18H,6-7,9H2,1-3H3;1H/t11?,12-,13+,15?,18-,19-;/m0./s1. The average Bonchev–Trinajstić information content (AvgIpc) is 2.89. The Morgan fingerprint density at radius 3 is 2.96 bits per heavy atom. The Kier molecular flexibility index (Phi) is 3.46. The molecule has 2 heterocycles. The quantitative estimate of drug-likeness (QED) is 0.729. The van der Waals surface area contributed by atoms with Gasteiger partial charge in [0.1, 0.15) is 5.76 Å². The van der Waals surface area contributed by atoms with E-state index in [9.17, 15) is 4.79 Å². The highest BCUT2D eigenvalue weighted by molar-refractivity contribution is 6.00. The summed E-state index contributed by atoms with van der Waals surface area (Å²) in [5, 5.41) is 0. The molecule has 0 aromatic heterocycles. The normalized spacial score (nSPS) is 45.2. The number of hydrogen-bond acceptors (Lipinski definition) is 4. The first-order chi connectivity index (χ1) is 11.1. The summed E-state index contributed by atoms with van der Waals surface area (Å²) in [6.45, 7) is 3.00. The third-order valence-electron chi connectivity index (χ3n) is 7.05. The van der Waals surface area contributed by atoms with Crippen LogP contribution in [0, 0.1) is 23.2 Å². The molecule has 5 rings (SSSR count). The fraction of sp³-hybridized carbons (Fsp3) is 0.632. The number of likely N-dealkylation sites (tertiary alicyclic amines) is 1. The molecule has 5 heteroatoms. The summed E-state index contributed by atoms with van der Waals surface area (Å²) in [5.74, 6) is 3.11. The highest BCUT2D eigenvalue weighted by atomic mass is 35.5. The lowest BCUT2D eigenvalue weighted by atomic mass is 9.47. The van der Waals surface area contributed by atoms with Gasteiger partial charge in [0.25, 0.3) is 0 Å². The summed E-state index contributed by atoms with van der Waals surface area (Å²) in [6.07, 6.45) is 8.44. The van der Waals surface area contributed by atoms with Crippen LogP contribution in [0.4, 0.5) is 0 Å². The topological polar surface area (TPSA) is 38.8 Å². The van der Waals surface area contributed by atoms with Gasteiger partial charge < -0.3 is 14.4 Å². The number of rotatable bonds is 1. The fourth-order valence-corrected chi connectivity index (χ4v) is 6.04. The smallest absolute Gasteiger partial charge is 0.199 e. The summed E-state index contributed by atoms with van der Waals surface area (Å²) >= 11 is 0. The third-order valence-corrected chi connectivity index (χ3v) is 7.05. The zero-order valence-electron chi connectivity index (χ0n) is 14.3. The number of halogens is 1. The molecule has 1 spiro atoms. The Hall–Kier alpha value is -1.26. The number of carbonyl (C=O) groups is 1. The first-order valence-electron chi connectivity index (χ1n) is 8.64. The van der Waals surface area contributed by atoms with Crippen LogP contribution in [0.15, 0.2) is 35.3 Å². The molecule has 0 aromatic rings. The number of methoxy groups -OCH3 is 1. The van der Waals surface area contributed by atoms with Gasteiger partial charge in [-0.3, -0.25) is 4.79 Å². The molecule has 2 aliphatic heterocycles. The van der Waals surface area contributed by atoms with Gasteiger partial charge in [0.05, 0.1) is 7.11 Å². The van der Waals surface area contributed by atoms with E-state index in [-0.39, 0.29) is 29.7 Å². The van der Waals surface area contributed by atoms with Crippen molar-refractivity contribution in [1.29, 1.82) is 0 Å². The van der Waals surface area contributed by atoms with Crippen molar-refractivity contribution in [2.45, 2.75) is 31.9 Å². The van der Waals surface area contributed by atoms with Crippen molar-refractivity contribution in [3.05, 3.63) is 35.3 Å². The highest BCUT2D eigenvalue weighted by Crippen LogP contribution is 2.67. The first-order valence-corrected chi connectivity index (χ1v) is 8.64. The maximum absolute atomic E-state index is 12.9. The zero-order chi connectivity index (χ0) is 15.9. The van der Waals surface area contributed by atoms with Crippen LogP contribution < -0.4 is 0 Å². The van der Waals surface area contributed by atoms with Gasteiger partial charge in [-0.05, 0) is 50.9 Å². The lowest BCUT2D eigenvalue weighted by molar-refractivity contribution is -0.142. The molecule has 6 atom stereocenters. The largest absolute Gasteiger partial charge is 0.493 e. The van der Waals surface area contributed by atoms with Crippen LogP contribution in [0.1, 0.15) is 19.8 Å². The summed E-state index contributed by atoms with van der Waals surface area (Å²) < 4.78 is 11.9. The molecule has 0 radical (unpaired) electrons. The SMILES string of the molecule is COC1=C2O[C@H]3C(=O)C(C)=C[C@H]4[C@H]5CC(C=C1)C2[C@@]34CCN5C.Cl. The molecule has 1 saturated carbocycles. The third kappa shape index (κ3) is 1.66. The van der Waals surface area contributed by atoms with E-state index in [1.165, 1.54) is 0 Å². The molecular weight excluding hydrogens is 326 g/mol. The lowest BCUT2D eigenvalue weighted by Gasteiger charge is -2.59. The van der Waals surface area contributed by atoms with Crippen LogP contribution in [0.25, 0.3) is 0 Å². The predicted molar refractivity (Wildman–Crippen MR) is 92.6 cm³/mol. The van der Waals surface area contributed by atoms with Crippen LogP contribution in [0.2, 0.25) is 0 Å². The van der Waals surface area contributed by atoms with Gasteiger partial charge in [0, 0.05) is 23.3 Å². The van der Waals surface area contributed by atoms with E-state index in [0.29, 0.717) is 23.8 Å². The van der Waals surface area contributed by atoms with Crippen LogP contribution in [-0.2, 0) is 14.3 Å². The van der Waals surface area contributed by atoms with Crippen molar-refractivity contribution in [2.24, 2.45) is 23.2 Å². The van der Waals surface area contributed by atoms with Crippen molar-refractivity contribution in [3.63, 3.8) is 0 Å². The molecule has 3 aliphatic carbocycles. The van der Waals surface area contributed by atoms with Gasteiger partial charge in [-0.25, -0.2) is 0 Å². The highest BCUT2D eigenvalue weighted by Gasteiger charge is 2.70. The van der Waals surface area contributed by atoms with Crippen LogP contribution in [0.5, 0.6) is 0 Å². The minimum absolute atomic E-state index is 0.